The zero-order valence-corrected chi connectivity index (χ0v) is 17.4. The molecule has 4 rings (SSSR count). The molecule has 1 amide bonds. The minimum absolute atomic E-state index is 0.0456. The Balaban J connectivity index is 1.71. The SMILES string of the molecule is COc1ccc(F)cc1S(=O)(=O)N1CCO[C@@H](c2cc(C(N)=O)c3ccccc3n2)C1. The molecule has 162 valence electrons. The average Bonchev–Trinajstić information content (AvgIpc) is 2.78. The molecule has 10 heteroatoms. The summed E-state index contributed by atoms with van der Waals surface area (Å²) in [6, 6.07) is 11.9. The van der Waals surface area contributed by atoms with Gasteiger partial charge in [-0.25, -0.2) is 17.8 Å². The molecular formula is C21H20FN3O5S. The Labute approximate surface area is 178 Å². The fraction of sp³-hybridized carbons (Fsp3) is 0.238. The Hall–Kier alpha value is -3.08. The molecule has 2 heterocycles. The Bertz CT molecular complexity index is 1270. The van der Waals surface area contributed by atoms with E-state index in [0.29, 0.717) is 16.6 Å². The fourth-order valence-corrected chi connectivity index (χ4v) is 5.17. The van der Waals surface area contributed by atoms with E-state index < -0.39 is 27.9 Å². The molecule has 1 aliphatic rings. The molecule has 1 aliphatic heterocycles. The van der Waals surface area contributed by atoms with E-state index in [0.717, 1.165) is 12.1 Å². The van der Waals surface area contributed by atoms with E-state index >= 15 is 0 Å². The van der Waals surface area contributed by atoms with Crippen molar-refractivity contribution in [2.45, 2.75) is 11.0 Å². The van der Waals surface area contributed by atoms with Crippen LogP contribution in [-0.2, 0) is 14.8 Å². The first-order chi connectivity index (χ1) is 14.8. The maximum absolute atomic E-state index is 13.8. The lowest BCUT2D eigenvalue weighted by Gasteiger charge is -2.32. The molecule has 1 saturated heterocycles. The number of halogens is 1. The van der Waals surface area contributed by atoms with Gasteiger partial charge in [-0.15, -0.1) is 0 Å². The molecule has 2 N–H and O–H groups in total. The van der Waals surface area contributed by atoms with Gasteiger partial charge in [0.25, 0.3) is 0 Å². The number of sulfonamides is 1. The highest BCUT2D eigenvalue weighted by Gasteiger charge is 2.34. The van der Waals surface area contributed by atoms with Crippen LogP contribution in [-0.4, -0.2) is 50.4 Å². The van der Waals surface area contributed by atoms with Gasteiger partial charge in [-0.1, -0.05) is 18.2 Å². The Kier molecular flexibility index (Phi) is 5.61. The molecule has 0 unspecified atom stereocenters. The van der Waals surface area contributed by atoms with Crippen molar-refractivity contribution in [2.24, 2.45) is 5.73 Å². The van der Waals surface area contributed by atoms with Crippen molar-refractivity contribution in [1.82, 2.24) is 9.29 Å². The van der Waals surface area contributed by atoms with Crippen LogP contribution in [0.15, 0.2) is 53.4 Å². The first kappa shape index (κ1) is 21.2. The highest BCUT2D eigenvalue weighted by molar-refractivity contribution is 7.89. The van der Waals surface area contributed by atoms with Gasteiger partial charge in [0.15, 0.2) is 0 Å². The lowest BCUT2D eigenvalue weighted by molar-refractivity contribution is -0.00483. The van der Waals surface area contributed by atoms with Crippen molar-refractivity contribution in [3.05, 3.63) is 65.6 Å². The summed E-state index contributed by atoms with van der Waals surface area (Å²) in [6.45, 7) is 0.113. The molecule has 3 aromatic rings. The molecule has 31 heavy (non-hydrogen) atoms. The van der Waals surface area contributed by atoms with Gasteiger partial charge in [0, 0.05) is 18.5 Å². The number of carbonyl (C=O) groups excluding carboxylic acids is 1. The lowest BCUT2D eigenvalue weighted by atomic mass is 10.0. The number of rotatable bonds is 5. The van der Waals surface area contributed by atoms with Crippen LogP contribution in [0.4, 0.5) is 4.39 Å². The van der Waals surface area contributed by atoms with Crippen LogP contribution in [0.3, 0.4) is 0 Å². The average molecular weight is 445 g/mol. The van der Waals surface area contributed by atoms with Gasteiger partial charge in [0.2, 0.25) is 15.9 Å². The molecule has 1 atom stereocenters. The fourth-order valence-electron chi connectivity index (χ4n) is 3.58. The molecular weight excluding hydrogens is 425 g/mol. The number of pyridine rings is 1. The summed E-state index contributed by atoms with van der Waals surface area (Å²) in [5, 5.41) is 0.600. The summed E-state index contributed by atoms with van der Waals surface area (Å²) < 4.78 is 52.3. The number of morpholine rings is 1. The maximum atomic E-state index is 13.8. The van der Waals surface area contributed by atoms with E-state index in [4.69, 9.17) is 15.2 Å². The van der Waals surface area contributed by atoms with Crippen molar-refractivity contribution in [1.29, 1.82) is 0 Å². The number of nitrogens with two attached hydrogens (primary N) is 1. The molecule has 0 radical (unpaired) electrons. The molecule has 1 fully saturated rings. The highest BCUT2D eigenvalue weighted by atomic mass is 32.2. The Morgan fingerprint density at radius 1 is 1.26 bits per heavy atom. The zero-order valence-electron chi connectivity index (χ0n) is 16.6. The number of hydrogen-bond acceptors (Lipinski definition) is 6. The lowest BCUT2D eigenvalue weighted by Crippen LogP contribution is -2.42. The second kappa shape index (κ2) is 8.22. The van der Waals surface area contributed by atoms with Crippen LogP contribution < -0.4 is 10.5 Å². The van der Waals surface area contributed by atoms with Crippen molar-refractivity contribution in [2.75, 3.05) is 26.8 Å². The number of carbonyl (C=O) groups is 1. The summed E-state index contributed by atoms with van der Waals surface area (Å²) in [6.07, 6.45) is -0.731. The number of primary amides is 1. The summed E-state index contributed by atoms with van der Waals surface area (Å²) in [4.78, 5) is 16.2. The van der Waals surface area contributed by atoms with Gasteiger partial charge >= 0.3 is 0 Å². The zero-order chi connectivity index (χ0) is 22.2. The van der Waals surface area contributed by atoms with E-state index in [-0.39, 0.29) is 35.9 Å². The van der Waals surface area contributed by atoms with Crippen LogP contribution >= 0.6 is 0 Å². The van der Waals surface area contributed by atoms with Gasteiger partial charge in [-0.05, 0) is 30.3 Å². The van der Waals surface area contributed by atoms with Crippen LogP contribution in [0.2, 0.25) is 0 Å². The largest absolute Gasteiger partial charge is 0.495 e. The van der Waals surface area contributed by atoms with Crippen molar-refractivity contribution < 1.29 is 27.1 Å². The standard InChI is InChI=1S/C21H20FN3O5S/c1-29-18-7-6-13(22)10-20(18)31(27,28)25-8-9-30-19(12-25)17-11-15(21(23)26)14-4-2-3-5-16(14)24-17/h2-7,10-11,19H,8-9,12H2,1H3,(H2,23,26)/t19-/m1/s1. The number of aromatic nitrogens is 1. The Morgan fingerprint density at radius 2 is 2.03 bits per heavy atom. The topological polar surface area (TPSA) is 112 Å². The number of fused-ring (bicyclic) bond motifs is 1. The summed E-state index contributed by atoms with van der Waals surface area (Å²) in [5.74, 6) is -1.26. The van der Waals surface area contributed by atoms with E-state index in [1.54, 1.807) is 24.3 Å². The first-order valence-electron chi connectivity index (χ1n) is 9.46. The van der Waals surface area contributed by atoms with E-state index in [2.05, 4.69) is 4.98 Å². The minimum Gasteiger partial charge on any atom is -0.495 e. The van der Waals surface area contributed by atoms with Crippen molar-refractivity contribution in [3.8, 4) is 5.75 Å². The third-order valence-electron chi connectivity index (χ3n) is 5.10. The van der Waals surface area contributed by atoms with Crippen molar-refractivity contribution >= 4 is 26.8 Å². The number of nitrogens with zero attached hydrogens (tertiary/aromatic N) is 2. The number of methoxy groups -OCH3 is 1. The predicted molar refractivity (Wildman–Crippen MR) is 111 cm³/mol. The smallest absolute Gasteiger partial charge is 0.249 e. The first-order valence-corrected chi connectivity index (χ1v) is 10.9. The predicted octanol–water partition coefficient (Wildman–Crippen LogP) is 2.24. The van der Waals surface area contributed by atoms with E-state index in [9.17, 15) is 17.6 Å². The molecule has 1 aromatic heterocycles. The van der Waals surface area contributed by atoms with Gasteiger partial charge < -0.3 is 15.2 Å². The molecule has 0 saturated carbocycles. The molecule has 0 spiro atoms. The minimum atomic E-state index is -4.07. The normalized spacial score (nSPS) is 17.5. The van der Waals surface area contributed by atoms with Gasteiger partial charge in [-0.3, -0.25) is 4.79 Å². The quantitative estimate of drug-likeness (QED) is 0.645. The molecule has 0 bridgehead atoms. The monoisotopic (exact) mass is 445 g/mol. The molecule has 2 aromatic carbocycles. The van der Waals surface area contributed by atoms with E-state index in [1.807, 2.05) is 0 Å². The second-order valence-corrected chi connectivity index (χ2v) is 8.90. The highest BCUT2D eigenvalue weighted by Crippen LogP contribution is 2.32. The van der Waals surface area contributed by atoms with Gasteiger partial charge in [-0.2, -0.15) is 4.31 Å². The summed E-state index contributed by atoms with van der Waals surface area (Å²) >= 11 is 0. The number of benzene rings is 2. The molecule has 8 nitrogen and oxygen atoms in total. The number of ether oxygens (including phenoxy) is 2. The summed E-state index contributed by atoms with van der Waals surface area (Å²) in [5.41, 5.74) is 6.74. The maximum Gasteiger partial charge on any atom is 0.249 e. The summed E-state index contributed by atoms with van der Waals surface area (Å²) in [7, 11) is -2.75. The van der Waals surface area contributed by atoms with Crippen LogP contribution in [0, 0.1) is 5.82 Å². The van der Waals surface area contributed by atoms with Gasteiger partial charge in [0.1, 0.15) is 22.6 Å². The number of hydrogen-bond donors (Lipinski definition) is 1. The van der Waals surface area contributed by atoms with E-state index in [1.165, 1.54) is 23.5 Å². The van der Waals surface area contributed by atoms with Crippen LogP contribution in [0.25, 0.3) is 10.9 Å². The van der Waals surface area contributed by atoms with Gasteiger partial charge in [0.05, 0.1) is 30.5 Å². The number of amides is 1. The third-order valence-corrected chi connectivity index (χ3v) is 6.99. The van der Waals surface area contributed by atoms with Crippen LogP contribution in [0.5, 0.6) is 5.75 Å². The third kappa shape index (κ3) is 3.97. The number of para-hydroxylation sites is 1. The second-order valence-electron chi connectivity index (χ2n) is 6.99. The molecule has 0 aliphatic carbocycles. The van der Waals surface area contributed by atoms with Crippen molar-refractivity contribution in [3.63, 3.8) is 0 Å². The Morgan fingerprint density at radius 3 is 2.77 bits per heavy atom. The van der Waals surface area contributed by atoms with Crippen LogP contribution in [0.1, 0.15) is 22.2 Å².